The minimum absolute atomic E-state index is 0.136. The quantitative estimate of drug-likeness (QED) is 0.881. The van der Waals surface area contributed by atoms with Crippen molar-refractivity contribution in [1.29, 1.82) is 0 Å². The van der Waals surface area contributed by atoms with Gasteiger partial charge in [-0.3, -0.25) is 0 Å². The molecule has 4 nitrogen and oxygen atoms in total. The Balaban J connectivity index is 2.66. The Hall–Kier alpha value is -2.10. The second-order valence-corrected chi connectivity index (χ2v) is 4.52. The lowest BCUT2D eigenvalue weighted by Crippen LogP contribution is -1.95. The summed E-state index contributed by atoms with van der Waals surface area (Å²) in [6, 6.07) is 3.59. The first-order valence-corrected chi connectivity index (χ1v) is 5.69. The molecule has 0 fully saturated rings. The van der Waals surface area contributed by atoms with Crippen LogP contribution in [0.15, 0.2) is 16.7 Å². The number of aromatic nitrogens is 1. The first kappa shape index (κ1) is 12.4. The lowest BCUT2D eigenvalue weighted by atomic mass is 9.92. The molecule has 2 aromatic rings. The number of rotatable bonds is 2. The van der Waals surface area contributed by atoms with Crippen molar-refractivity contribution in [3.63, 3.8) is 0 Å². The van der Waals surface area contributed by atoms with Crippen LogP contribution in [0.2, 0.25) is 0 Å². The monoisotopic (exact) mass is 245 g/mol. The number of carboxylic acid groups (broad SMARTS) is 1. The summed E-state index contributed by atoms with van der Waals surface area (Å²) in [7, 11) is 0. The van der Waals surface area contributed by atoms with Gasteiger partial charge in [-0.1, -0.05) is 11.2 Å². The molecular weight excluding hydrogens is 230 g/mol. The number of benzene rings is 1. The van der Waals surface area contributed by atoms with Gasteiger partial charge in [0, 0.05) is 11.6 Å². The number of hydrogen-bond acceptors (Lipinski definition) is 3. The topological polar surface area (TPSA) is 63.3 Å². The predicted molar refractivity (Wildman–Crippen MR) is 67.8 cm³/mol. The summed E-state index contributed by atoms with van der Waals surface area (Å²) >= 11 is 0. The van der Waals surface area contributed by atoms with Crippen molar-refractivity contribution in [3.05, 3.63) is 40.1 Å². The number of aryl methyl sites for hydroxylation is 2. The molecule has 94 valence electrons. The van der Waals surface area contributed by atoms with Gasteiger partial charge < -0.3 is 9.63 Å². The van der Waals surface area contributed by atoms with Crippen LogP contribution < -0.4 is 0 Å². The molecule has 0 aliphatic heterocycles. The van der Waals surface area contributed by atoms with Crippen LogP contribution in [0.1, 0.15) is 32.8 Å². The van der Waals surface area contributed by atoms with Gasteiger partial charge in [0.25, 0.3) is 0 Å². The highest BCUT2D eigenvalue weighted by Gasteiger charge is 2.17. The van der Waals surface area contributed by atoms with Crippen molar-refractivity contribution in [3.8, 4) is 11.3 Å². The minimum atomic E-state index is -1.10. The predicted octanol–water partition coefficient (Wildman–Crippen LogP) is 3.27. The maximum atomic E-state index is 10.8. The molecule has 1 heterocycles. The van der Waals surface area contributed by atoms with Gasteiger partial charge in [-0.15, -0.1) is 0 Å². The Kier molecular flexibility index (Phi) is 2.95. The zero-order chi connectivity index (χ0) is 13.4. The SMILES string of the molecule is Cc1cc(C)c(C)c(-c2cc(C(=O)O)on2)c1C. The first-order chi connectivity index (χ1) is 8.41. The lowest BCUT2D eigenvalue weighted by Gasteiger charge is -2.12. The third kappa shape index (κ3) is 1.90. The van der Waals surface area contributed by atoms with Crippen LogP contribution in [-0.2, 0) is 0 Å². The molecule has 0 unspecified atom stereocenters. The van der Waals surface area contributed by atoms with Crippen LogP contribution in [0.5, 0.6) is 0 Å². The summed E-state index contributed by atoms with van der Waals surface area (Å²) in [5.74, 6) is -1.24. The molecule has 0 atom stereocenters. The minimum Gasteiger partial charge on any atom is -0.475 e. The summed E-state index contributed by atoms with van der Waals surface area (Å²) < 4.78 is 4.82. The molecule has 0 saturated heterocycles. The Morgan fingerprint density at radius 1 is 1.11 bits per heavy atom. The van der Waals surface area contributed by atoms with Crippen LogP contribution >= 0.6 is 0 Å². The number of carboxylic acids is 1. The van der Waals surface area contributed by atoms with Crippen LogP contribution in [0.3, 0.4) is 0 Å². The van der Waals surface area contributed by atoms with Crippen molar-refractivity contribution >= 4 is 5.97 Å². The number of carbonyl (C=O) groups is 1. The van der Waals surface area contributed by atoms with E-state index in [-0.39, 0.29) is 5.76 Å². The normalized spacial score (nSPS) is 10.7. The molecule has 1 N–H and O–H groups in total. The second-order valence-electron chi connectivity index (χ2n) is 4.52. The van der Waals surface area contributed by atoms with E-state index in [1.165, 1.54) is 6.07 Å². The largest absolute Gasteiger partial charge is 0.475 e. The fraction of sp³-hybridized carbons (Fsp3) is 0.286. The Morgan fingerprint density at radius 3 is 2.11 bits per heavy atom. The molecule has 0 amide bonds. The summed E-state index contributed by atoms with van der Waals surface area (Å²) in [6.07, 6.45) is 0. The van der Waals surface area contributed by atoms with Crippen molar-refractivity contribution < 1.29 is 14.4 Å². The maximum absolute atomic E-state index is 10.8. The Morgan fingerprint density at radius 2 is 1.67 bits per heavy atom. The van der Waals surface area contributed by atoms with Gasteiger partial charge >= 0.3 is 5.97 Å². The molecular formula is C14H15NO3. The zero-order valence-electron chi connectivity index (χ0n) is 10.9. The fourth-order valence-electron chi connectivity index (χ4n) is 2.09. The number of aromatic carboxylic acids is 1. The smallest absolute Gasteiger partial charge is 0.374 e. The fourth-order valence-corrected chi connectivity index (χ4v) is 2.09. The van der Waals surface area contributed by atoms with Gasteiger partial charge in [-0.25, -0.2) is 4.79 Å². The average molecular weight is 245 g/mol. The highest BCUT2D eigenvalue weighted by molar-refractivity contribution is 5.86. The molecule has 0 saturated carbocycles. The van der Waals surface area contributed by atoms with E-state index in [4.69, 9.17) is 9.63 Å². The van der Waals surface area contributed by atoms with Gasteiger partial charge in [0.15, 0.2) is 0 Å². The molecule has 0 bridgehead atoms. The summed E-state index contributed by atoms with van der Waals surface area (Å²) in [5, 5.41) is 12.7. The van der Waals surface area contributed by atoms with E-state index in [0.29, 0.717) is 5.69 Å². The van der Waals surface area contributed by atoms with Crippen LogP contribution in [0.25, 0.3) is 11.3 Å². The van der Waals surface area contributed by atoms with Gasteiger partial charge in [0.1, 0.15) is 5.69 Å². The summed E-state index contributed by atoms with van der Waals surface area (Å²) in [6.45, 7) is 8.07. The van der Waals surface area contributed by atoms with E-state index in [9.17, 15) is 4.79 Å². The summed E-state index contributed by atoms with van der Waals surface area (Å²) in [5.41, 5.74) is 6.06. The van der Waals surface area contributed by atoms with E-state index in [0.717, 1.165) is 27.8 Å². The van der Waals surface area contributed by atoms with Crippen LogP contribution in [0, 0.1) is 27.7 Å². The number of nitrogens with zero attached hydrogens (tertiary/aromatic N) is 1. The van der Waals surface area contributed by atoms with Crippen LogP contribution in [-0.4, -0.2) is 16.2 Å². The molecule has 4 heteroatoms. The van der Waals surface area contributed by atoms with Crippen molar-refractivity contribution in [2.45, 2.75) is 27.7 Å². The standard InChI is InChI=1S/C14H15NO3/c1-7-5-8(2)10(4)13(9(7)3)11-6-12(14(16)17)18-15-11/h5-6H,1-4H3,(H,16,17). The van der Waals surface area contributed by atoms with Crippen molar-refractivity contribution in [2.75, 3.05) is 0 Å². The lowest BCUT2D eigenvalue weighted by molar-refractivity contribution is 0.0652. The van der Waals surface area contributed by atoms with Crippen LogP contribution in [0.4, 0.5) is 0 Å². The highest BCUT2D eigenvalue weighted by Crippen LogP contribution is 2.31. The van der Waals surface area contributed by atoms with Crippen molar-refractivity contribution in [1.82, 2.24) is 5.16 Å². The summed E-state index contributed by atoms with van der Waals surface area (Å²) in [4.78, 5) is 10.8. The van der Waals surface area contributed by atoms with E-state index < -0.39 is 5.97 Å². The van der Waals surface area contributed by atoms with Gasteiger partial charge in [0.05, 0.1) is 0 Å². The molecule has 0 radical (unpaired) electrons. The Labute approximate surface area is 105 Å². The molecule has 0 spiro atoms. The first-order valence-electron chi connectivity index (χ1n) is 5.69. The molecule has 1 aromatic heterocycles. The molecule has 2 rings (SSSR count). The van der Waals surface area contributed by atoms with E-state index in [2.05, 4.69) is 11.2 Å². The second kappa shape index (κ2) is 4.29. The highest BCUT2D eigenvalue weighted by atomic mass is 16.5. The average Bonchev–Trinajstić information content (AvgIpc) is 2.76. The van der Waals surface area contributed by atoms with Gasteiger partial charge in [-0.05, 0) is 49.9 Å². The zero-order valence-corrected chi connectivity index (χ0v) is 10.9. The molecule has 18 heavy (non-hydrogen) atoms. The van der Waals surface area contributed by atoms with Gasteiger partial charge in [0.2, 0.25) is 5.76 Å². The van der Waals surface area contributed by atoms with Crippen molar-refractivity contribution in [2.24, 2.45) is 0 Å². The number of hydrogen-bond donors (Lipinski definition) is 1. The van der Waals surface area contributed by atoms with E-state index in [1.807, 2.05) is 27.7 Å². The Bertz CT molecular complexity index is 600. The molecule has 0 aliphatic carbocycles. The van der Waals surface area contributed by atoms with Gasteiger partial charge in [-0.2, -0.15) is 0 Å². The van der Waals surface area contributed by atoms with E-state index in [1.54, 1.807) is 0 Å². The maximum Gasteiger partial charge on any atom is 0.374 e. The van der Waals surface area contributed by atoms with E-state index >= 15 is 0 Å². The molecule has 0 aliphatic rings. The third-order valence-corrected chi connectivity index (χ3v) is 3.34. The molecule has 1 aromatic carbocycles. The third-order valence-electron chi connectivity index (χ3n) is 3.34.